The number of methoxy groups -OCH3 is 3. The molecular formula is C29H29ClN2O6. The number of ketones is 1. The lowest BCUT2D eigenvalue weighted by Gasteiger charge is -2.26. The van der Waals surface area contributed by atoms with Gasteiger partial charge in [-0.1, -0.05) is 41.9 Å². The van der Waals surface area contributed by atoms with Gasteiger partial charge in [-0.2, -0.15) is 0 Å². The molecule has 1 aliphatic rings. The molecule has 1 amide bonds. The highest BCUT2D eigenvalue weighted by Gasteiger charge is 2.46. The zero-order valence-corrected chi connectivity index (χ0v) is 22.6. The van der Waals surface area contributed by atoms with E-state index in [4.69, 9.17) is 25.8 Å². The van der Waals surface area contributed by atoms with Crippen molar-refractivity contribution in [3.63, 3.8) is 0 Å². The minimum atomic E-state index is -0.873. The van der Waals surface area contributed by atoms with Gasteiger partial charge in [0.15, 0.2) is 0 Å². The first kappa shape index (κ1) is 26.9. The minimum absolute atomic E-state index is 0.0647. The van der Waals surface area contributed by atoms with E-state index in [1.807, 2.05) is 61.5 Å². The smallest absolute Gasteiger partial charge is 0.295 e. The SMILES string of the molecule is COc1cc(/C(O)=C2\C(=O)C(=O)N(Cc3ccccc3OC)C2c2ccc(N(C)C)cc2)c(OC)cc1Cl. The number of benzene rings is 3. The van der Waals surface area contributed by atoms with Crippen molar-refractivity contribution in [1.82, 2.24) is 4.90 Å². The zero-order valence-electron chi connectivity index (χ0n) is 21.8. The number of hydrogen-bond donors (Lipinski definition) is 1. The van der Waals surface area contributed by atoms with Crippen molar-refractivity contribution >= 4 is 34.7 Å². The fourth-order valence-electron chi connectivity index (χ4n) is 4.55. The van der Waals surface area contributed by atoms with Gasteiger partial charge in [0, 0.05) is 31.4 Å². The fraction of sp³-hybridized carbons (Fsp3) is 0.241. The van der Waals surface area contributed by atoms with E-state index in [9.17, 15) is 14.7 Å². The lowest BCUT2D eigenvalue weighted by molar-refractivity contribution is -0.140. The van der Waals surface area contributed by atoms with Crippen LogP contribution in [0.5, 0.6) is 17.2 Å². The van der Waals surface area contributed by atoms with Crippen molar-refractivity contribution in [2.45, 2.75) is 12.6 Å². The monoisotopic (exact) mass is 536 g/mol. The molecule has 3 aromatic rings. The Labute approximate surface area is 226 Å². The average molecular weight is 537 g/mol. The number of para-hydroxylation sites is 1. The molecule has 1 aliphatic heterocycles. The third-order valence-corrected chi connectivity index (χ3v) is 6.82. The molecule has 0 bridgehead atoms. The highest BCUT2D eigenvalue weighted by molar-refractivity contribution is 6.46. The number of halogens is 1. The lowest BCUT2D eigenvalue weighted by Crippen LogP contribution is -2.29. The van der Waals surface area contributed by atoms with Gasteiger partial charge in [-0.15, -0.1) is 0 Å². The van der Waals surface area contributed by atoms with Crippen LogP contribution in [0.25, 0.3) is 5.76 Å². The predicted molar refractivity (Wildman–Crippen MR) is 146 cm³/mol. The van der Waals surface area contributed by atoms with E-state index in [0.29, 0.717) is 11.3 Å². The molecule has 1 N–H and O–H groups in total. The summed E-state index contributed by atoms with van der Waals surface area (Å²) in [6.45, 7) is 0.0898. The molecule has 0 aliphatic carbocycles. The molecule has 0 saturated carbocycles. The molecule has 1 heterocycles. The summed E-state index contributed by atoms with van der Waals surface area (Å²) in [6, 6.07) is 16.8. The van der Waals surface area contributed by atoms with E-state index in [1.165, 1.54) is 31.3 Å². The summed E-state index contributed by atoms with van der Waals surface area (Å²) in [5.74, 6) is -0.844. The van der Waals surface area contributed by atoms with Gasteiger partial charge in [0.25, 0.3) is 11.7 Å². The summed E-state index contributed by atoms with van der Waals surface area (Å²) in [7, 11) is 8.25. The van der Waals surface area contributed by atoms with Crippen LogP contribution in [0.3, 0.4) is 0 Å². The Bertz CT molecular complexity index is 1400. The molecule has 1 saturated heterocycles. The molecule has 38 heavy (non-hydrogen) atoms. The predicted octanol–water partition coefficient (Wildman–Crippen LogP) is 5.05. The third-order valence-electron chi connectivity index (χ3n) is 6.53. The van der Waals surface area contributed by atoms with E-state index < -0.39 is 17.7 Å². The summed E-state index contributed by atoms with van der Waals surface area (Å²) in [6.07, 6.45) is 0. The van der Waals surface area contributed by atoms with Crippen molar-refractivity contribution in [1.29, 1.82) is 0 Å². The number of rotatable bonds is 8. The van der Waals surface area contributed by atoms with Gasteiger partial charge in [0.1, 0.15) is 23.0 Å². The molecule has 1 fully saturated rings. The summed E-state index contributed by atoms with van der Waals surface area (Å²) in [4.78, 5) is 30.3. The largest absolute Gasteiger partial charge is 0.507 e. The van der Waals surface area contributed by atoms with Crippen molar-refractivity contribution < 1.29 is 28.9 Å². The minimum Gasteiger partial charge on any atom is -0.507 e. The third kappa shape index (κ3) is 4.87. The first-order chi connectivity index (χ1) is 18.2. The summed E-state index contributed by atoms with van der Waals surface area (Å²) < 4.78 is 16.2. The normalized spacial score (nSPS) is 16.5. The Kier molecular flexibility index (Phi) is 7.83. The number of ether oxygens (including phenoxy) is 3. The van der Waals surface area contributed by atoms with E-state index >= 15 is 0 Å². The second-order valence-corrected chi connectivity index (χ2v) is 9.32. The van der Waals surface area contributed by atoms with Crippen LogP contribution in [0.15, 0.2) is 66.2 Å². The van der Waals surface area contributed by atoms with Crippen molar-refractivity contribution in [3.05, 3.63) is 87.9 Å². The number of nitrogens with zero attached hydrogens (tertiary/aromatic N) is 2. The van der Waals surface area contributed by atoms with E-state index in [1.54, 1.807) is 13.2 Å². The summed E-state index contributed by atoms with van der Waals surface area (Å²) in [5.41, 5.74) is 2.44. The van der Waals surface area contributed by atoms with Crippen LogP contribution in [-0.4, -0.2) is 57.1 Å². The molecule has 8 nitrogen and oxygen atoms in total. The number of anilines is 1. The standard InChI is InChI=1S/C29H29ClN2O6/c1-31(2)19-12-10-17(11-13-19)26-25(27(33)20-14-24(38-5)21(30)15-23(20)37-4)28(34)29(35)32(26)16-18-8-6-7-9-22(18)36-3/h6-15,26,33H,16H2,1-5H3/b27-25+. The lowest BCUT2D eigenvalue weighted by atomic mass is 9.94. The van der Waals surface area contributed by atoms with Crippen molar-refractivity contribution in [2.24, 2.45) is 0 Å². The van der Waals surface area contributed by atoms with Gasteiger partial charge in [0.2, 0.25) is 0 Å². The quantitative estimate of drug-likeness (QED) is 0.245. The molecule has 0 radical (unpaired) electrons. The Morgan fingerprint density at radius 2 is 1.55 bits per heavy atom. The Morgan fingerprint density at radius 1 is 0.921 bits per heavy atom. The van der Waals surface area contributed by atoms with Crippen LogP contribution in [-0.2, 0) is 16.1 Å². The molecule has 0 aromatic heterocycles. The van der Waals surface area contributed by atoms with E-state index in [0.717, 1.165) is 11.3 Å². The number of carbonyl (C=O) groups excluding carboxylic acids is 2. The Hall–Kier alpha value is -4.17. The average Bonchev–Trinajstić information content (AvgIpc) is 3.17. The Morgan fingerprint density at radius 3 is 2.16 bits per heavy atom. The van der Waals surface area contributed by atoms with Gasteiger partial charge in [-0.3, -0.25) is 9.59 Å². The maximum atomic E-state index is 13.5. The second kappa shape index (κ2) is 11.1. The highest BCUT2D eigenvalue weighted by atomic mass is 35.5. The molecule has 198 valence electrons. The summed E-state index contributed by atoms with van der Waals surface area (Å²) >= 11 is 6.26. The van der Waals surface area contributed by atoms with Crippen LogP contribution >= 0.6 is 11.6 Å². The van der Waals surface area contributed by atoms with Crippen LogP contribution in [0.4, 0.5) is 5.69 Å². The number of carbonyl (C=O) groups is 2. The number of amides is 1. The van der Waals surface area contributed by atoms with Crippen molar-refractivity contribution in [2.75, 3.05) is 40.3 Å². The topological polar surface area (TPSA) is 88.5 Å². The maximum Gasteiger partial charge on any atom is 0.295 e. The highest BCUT2D eigenvalue weighted by Crippen LogP contribution is 2.44. The molecular weight excluding hydrogens is 508 g/mol. The van der Waals surface area contributed by atoms with Gasteiger partial charge in [-0.25, -0.2) is 0 Å². The molecule has 1 unspecified atom stereocenters. The first-order valence-corrected chi connectivity index (χ1v) is 12.2. The molecule has 1 atom stereocenters. The number of aliphatic hydroxyl groups is 1. The van der Waals surface area contributed by atoms with E-state index in [2.05, 4.69) is 0 Å². The number of Topliss-reactive ketones (excluding diaryl/α,β-unsaturated/α-hetero) is 1. The Balaban J connectivity index is 1.93. The van der Waals surface area contributed by atoms with Crippen LogP contribution in [0, 0.1) is 0 Å². The molecule has 4 rings (SSSR count). The maximum absolute atomic E-state index is 13.5. The van der Waals surface area contributed by atoms with Gasteiger partial charge >= 0.3 is 0 Å². The van der Waals surface area contributed by atoms with Gasteiger partial charge < -0.3 is 29.1 Å². The molecule has 3 aromatic carbocycles. The molecule has 0 spiro atoms. The number of likely N-dealkylation sites (tertiary alicyclic amines) is 1. The van der Waals surface area contributed by atoms with Crippen LogP contribution in [0.2, 0.25) is 5.02 Å². The summed E-state index contributed by atoms with van der Waals surface area (Å²) in [5, 5.41) is 11.8. The first-order valence-electron chi connectivity index (χ1n) is 11.8. The van der Waals surface area contributed by atoms with Gasteiger partial charge in [-0.05, 0) is 29.8 Å². The second-order valence-electron chi connectivity index (χ2n) is 8.91. The molecule has 9 heteroatoms. The fourth-order valence-corrected chi connectivity index (χ4v) is 4.78. The van der Waals surface area contributed by atoms with Crippen LogP contribution in [0.1, 0.15) is 22.7 Å². The van der Waals surface area contributed by atoms with Crippen molar-refractivity contribution in [3.8, 4) is 17.2 Å². The number of hydrogen-bond acceptors (Lipinski definition) is 7. The zero-order chi connectivity index (χ0) is 27.6. The van der Waals surface area contributed by atoms with E-state index in [-0.39, 0.29) is 40.0 Å². The van der Waals surface area contributed by atoms with Crippen LogP contribution < -0.4 is 19.1 Å². The number of aliphatic hydroxyl groups excluding tert-OH is 1. The van der Waals surface area contributed by atoms with Gasteiger partial charge in [0.05, 0.1) is 50.1 Å².